The Kier molecular flexibility index (Phi) is 4.97. The summed E-state index contributed by atoms with van der Waals surface area (Å²) in [4.78, 5) is 14.5. The van der Waals surface area contributed by atoms with Crippen LogP contribution in [0.2, 0.25) is 0 Å². The smallest absolute Gasteiger partial charge is 0.243 e. The van der Waals surface area contributed by atoms with Crippen molar-refractivity contribution in [2.45, 2.75) is 12.8 Å². The Hall–Kier alpha value is -2.89. The number of rotatable bonds is 5. The molecule has 0 spiro atoms. The number of carbonyl (C=O) groups is 1. The van der Waals surface area contributed by atoms with Crippen LogP contribution in [0.5, 0.6) is 11.5 Å². The van der Waals surface area contributed by atoms with E-state index in [0.717, 1.165) is 36.3 Å². The summed E-state index contributed by atoms with van der Waals surface area (Å²) in [5, 5.41) is 2.91. The molecular formula is C19H23N3O3. The van der Waals surface area contributed by atoms with E-state index in [1.165, 1.54) is 0 Å². The molecule has 132 valence electrons. The van der Waals surface area contributed by atoms with Gasteiger partial charge < -0.3 is 25.4 Å². The van der Waals surface area contributed by atoms with Crippen molar-refractivity contribution in [3.8, 4) is 11.5 Å². The third-order valence-corrected chi connectivity index (χ3v) is 4.38. The van der Waals surface area contributed by atoms with Gasteiger partial charge in [-0.05, 0) is 42.7 Å². The number of hydrogen-bond acceptors (Lipinski definition) is 5. The lowest BCUT2D eigenvalue weighted by molar-refractivity contribution is -0.115. The normalized spacial score (nSPS) is 13.1. The summed E-state index contributed by atoms with van der Waals surface area (Å²) in [7, 11) is 3.15. The zero-order chi connectivity index (χ0) is 17.8. The molecule has 0 atom stereocenters. The Balaban J connectivity index is 1.71. The molecule has 0 bridgehead atoms. The monoisotopic (exact) mass is 341 g/mol. The maximum Gasteiger partial charge on any atom is 0.243 e. The number of methoxy groups -OCH3 is 2. The molecule has 0 saturated heterocycles. The van der Waals surface area contributed by atoms with E-state index < -0.39 is 0 Å². The fourth-order valence-corrected chi connectivity index (χ4v) is 3.18. The topological polar surface area (TPSA) is 76.8 Å². The van der Waals surface area contributed by atoms with Crippen LogP contribution < -0.4 is 25.4 Å². The molecule has 1 aliphatic rings. The van der Waals surface area contributed by atoms with Gasteiger partial charge in [0.25, 0.3) is 0 Å². The molecular weight excluding hydrogens is 318 g/mol. The molecule has 25 heavy (non-hydrogen) atoms. The predicted octanol–water partition coefficient (Wildman–Crippen LogP) is 2.68. The molecule has 1 heterocycles. The number of amides is 1. The van der Waals surface area contributed by atoms with E-state index in [1.54, 1.807) is 32.4 Å². The summed E-state index contributed by atoms with van der Waals surface area (Å²) < 4.78 is 10.5. The van der Waals surface area contributed by atoms with Crippen LogP contribution in [-0.4, -0.2) is 33.2 Å². The molecule has 0 radical (unpaired) electrons. The minimum Gasteiger partial charge on any atom is -0.493 e. The van der Waals surface area contributed by atoms with E-state index >= 15 is 0 Å². The summed E-state index contributed by atoms with van der Waals surface area (Å²) in [6.07, 6.45) is 1.95. The van der Waals surface area contributed by atoms with Crippen LogP contribution in [0.25, 0.3) is 0 Å². The van der Waals surface area contributed by atoms with Crippen LogP contribution in [0.4, 0.5) is 17.1 Å². The Morgan fingerprint density at radius 3 is 2.76 bits per heavy atom. The van der Waals surface area contributed by atoms with Crippen LogP contribution in [0, 0.1) is 0 Å². The van der Waals surface area contributed by atoms with Crippen molar-refractivity contribution in [1.82, 2.24) is 0 Å². The van der Waals surface area contributed by atoms with Gasteiger partial charge in [-0.15, -0.1) is 0 Å². The molecule has 6 nitrogen and oxygen atoms in total. The number of ether oxygens (including phenoxy) is 2. The number of hydrogen-bond donors (Lipinski definition) is 2. The highest BCUT2D eigenvalue weighted by molar-refractivity contribution is 5.94. The number of nitrogens with zero attached hydrogens (tertiary/aromatic N) is 1. The first kappa shape index (κ1) is 17.0. The van der Waals surface area contributed by atoms with E-state index in [2.05, 4.69) is 10.2 Å². The predicted molar refractivity (Wildman–Crippen MR) is 99.6 cm³/mol. The fraction of sp³-hybridized carbons (Fsp3) is 0.316. The van der Waals surface area contributed by atoms with Gasteiger partial charge in [0, 0.05) is 29.7 Å². The van der Waals surface area contributed by atoms with Gasteiger partial charge in [0.2, 0.25) is 5.91 Å². The van der Waals surface area contributed by atoms with E-state index in [9.17, 15) is 4.79 Å². The van der Waals surface area contributed by atoms with Crippen molar-refractivity contribution in [1.29, 1.82) is 0 Å². The quantitative estimate of drug-likeness (QED) is 0.818. The van der Waals surface area contributed by atoms with Crippen molar-refractivity contribution >= 4 is 23.0 Å². The van der Waals surface area contributed by atoms with Crippen molar-refractivity contribution in [3.05, 3.63) is 42.0 Å². The largest absolute Gasteiger partial charge is 0.493 e. The molecule has 0 fully saturated rings. The molecule has 3 rings (SSSR count). The van der Waals surface area contributed by atoms with Gasteiger partial charge in [-0.1, -0.05) is 6.07 Å². The molecule has 0 saturated carbocycles. The second kappa shape index (κ2) is 7.34. The number of carbonyl (C=O) groups excluding carboxylic acids is 1. The highest BCUT2D eigenvalue weighted by Gasteiger charge is 2.20. The van der Waals surface area contributed by atoms with Gasteiger partial charge >= 0.3 is 0 Å². The van der Waals surface area contributed by atoms with E-state index in [-0.39, 0.29) is 12.5 Å². The van der Waals surface area contributed by atoms with Crippen LogP contribution in [0.1, 0.15) is 12.0 Å². The zero-order valence-corrected chi connectivity index (χ0v) is 14.5. The van der Waals surface area contributed by atoms with Gasteiger partial charge in [0.1, 0.15) is 0 Å². The van der Waals surface area contributed by atoms with Gasteiger partial charge in [-0.3, -0.25) is 4.79 Å². The molecule has 1 amide bonds. The SMILES string of the molecule is COc1ccc(NC(=O)CN2CCCc3c(N)cccc32)cc1OC. The molecule has 0 aromatic heterocycles. The van der Waals surface area contributed by atoms with Crippen molar-refractivity contribution in [3.63, 3.8) is 0 Å². The number of nitrogens with two attached hydrogens (primary N) is 1. The third-order valence-electron chi connectivity index (χ3n) is 4.38. The second-order valence-corrected chi connectivity index (χ2v) is 5.99. The van der Waals surface area contributed by atoms with E-state index in [4.69, 9.17) is 15.2 Å². The Morgan fingerprint density at radius 1 is 1.20 bits per heavy atom. The lowest BCUT2D eigenvalue weighted by Crippen LogP contribution is -2.37. The first-order valence-electron chi connectivity index (χ1n) is 8.26. The third kappa shape index (κ3) is 3.63. The average Bonchev–Trinajstić information content (AvgIpc) is 2.62. The van der Waals surface area contributed by atoms with Crippen LogP contribution in [0.3, 0.4) is 0 Å². The highest BCUT2D eigenvalue weighted by atomic mass is 16.5. The summed E-state index contributed by atoms with van der Waals surface area (Å²) in [6, 6.07) is 11.2. The zero-order valence-electron chi connectivity index (χ0n) is 14.5. The summed E-state index contributed by atoms with van der Waals surface area (Å²) >= 11 is 0. The van der Waals surface area contributed by atoms with Gasteiger partial charge in [-0.25, -0.2) is 0 Å². The Labute approximate surface area is 147 Å². The highest BCUT2D eigenvalue weighted by Crippen LogP contribution is 2.32. The standard InChI is InChI=1S/C19H23N3O3/c1-24-17-9-8-13(11-18(17)25-2)21-19(23)12-22-10-4-5-14-15(20)6-3-7-16(14)22/h3,6-9,11H,4-5,10,12,20H2,1-2H3,(H,21,23). The maximum absolute atomic E-state index is 12.5. The van der Waals surface area contributed by atoms with E-state index in [0.29, 0.717) is 17.2 Å². The molecule has 1 aliphatic heterocycles. The van der Waals surface area contributed by atoms with Gasteiger partial charge in [0.15, 0.2) is 11.5 Å². The molecule has 3 N–H and O–H groups in total. The molecule has 2 aromatic rings. The first-order chi connectivity index (χ1) is 12.1. The van der Waals surface area contributed by atoms with Crippen LogP contribution >= 0.6 is 0 Å². The Bertz CT molecular complexity index is 777. The van der Waals surface area contributed by atoms with Crippen molar-refractivity contribution in [2.24, 2.45) is 0 Å². The summed E-state index contributed by atoms with van der Waals surface area (Å²) in [5.74, 6) is 1.12. The van der Waals surface area contributed by atoms with Crippen molar-refractivity contribution < 1.29 is 14.3 Å². The fourth-order valence-electron chi connectivity index (χ4n) is 3.18. The van der Waals surface area contributed by atoms with Crippen molar-refractivity contribution in [2.75, 3.05) is 43.3 Å². The summed E-state index contributed by atoms with van der Waals surface area (Å²) in [5.41, 5.74) is 9.71. The molecule has 6 heteroatoms. The number of nitrogen functional groups attached to an aromatic ring is 1. The van der Waals surface area contributed by atoms with E-state index in [1.807, 2.05) is 18.2 Å². The molecule has 2 aromatic carbocycles. The number of benzene rings is 2. The maximum atomic E-state index is 12.5. The Morgan fingerprint density at radius 2 is 2.00 bits per heavy atom. The van der Waals surface area contributed by atoms with Crippen LogP contribution in [0.15, 0.2) is 36.4 Å². The number of nitrogens with one attached hydrogen (secondary N) is 1. The first-order valence-corrected chi connectivity index (χ1v) is 8.26. The number of anilines is 3. The van der Waals surface area contributed by atoms with Gasteiger partial charge in [0.05, 0.1) is 20.8 Å². The lowest BCUT2D eigenvalue weighted by Gasteiger charge is -2.31. The number of fused-ring (bicyclic) bond motifs is 1. The second-order valence-electron chi connectivity index (χ2n) is 5.99. The minimum absolute atomic E-state index is 0.0810. The van der Waals surface area contributed by atoms with Gasteiger partial charge in [-0.2, -0.15) is 0 Å². The van der Waals surface area contributed by atoms with Crippen LogP contribution in [-0.2, 0) is 11.2 Å². The molecule has 0 aliphatic carbocycles. The lowest BCUT2D eigenvalue weighted by atomic mass is 10.00. The molecule has 0 unspecified atom stereocenters. The average molecular weight is 341 g/mol. The minimum atomic E-state index is -0.0810. The summed E-state index contributed by atoms with van der Waals surface area (Å²) in [6.45, 7) is 1.13.